The molecule has 1 fully saturated rings. The number of nitrogens with zero attached hydrogens (tertiary/aromatic N) is 1. The molecule has 0 saturated carbocycles. The number of ether oxygens (including phenoxy) is 2. The second kappa shape index (κ2) is 8.50. The highest BCUT2D eigenvalue weighted by molar-refractivity contribution is 6.46. The molecule has 1 atom stereocenters. The largest absolute Gasteiger partial charge is 0.507 e. The zero-order chi connectivity index (χ0) is 23.1. The van der Waals surface area contributed by atoms with Crippen LogP contribution in [0.1, 0.15) is 22.9 Å². The highest BCUT2D eigenvalue weighted by Gasteiger charge is 2.46. The van der Waals surface area contributed by atoms with E-state index in [9.17, 15) is 14.7 Å². The van der Waals surface area contributed by atoms with E-state index in [0.29, 0.717) is 46.6 Å². The molecule has 1 saturated heterocycles. The van der Waals surface area contributed by atoms with Crippen LogP contribution in [0.4, 0.5) is 0 Å². The number of furan rings is 1. The van der Waals surface area contributed by atoms with Crippen LogP contribution in [0.3, 0.4) is 0 Å². The Morgan fingerprint density at radius 3 is 2.52 bits per heavy atom. The summed E-state index contributed by atoms with van der Waals surface area (Å²) in [5.41, 5.74) is 0.774. The fourth-order valence-corrected chi connectivity index (χ4v) is 4.30. The molecule has 0 spiro atoms. The summed E-state index contributed by atoms with van der Waals surface area (Å²) in [6, 6.07) is 12.1. The summed E-state index contributed by atoms with van der Waals surface area (Å²) in [5.74, 6) is -0.436. The first-order valence-corrected chi connectivity index (χ1v) is 10.9. The Kier molecular flexibility index (Phi) is 5.52. The number of hydrogen-bond acceptors (Lipinski definition) is 6. The molecule has 33 heavy (non-hydrogen) atoms. The first-order valence-electron chi connectivity index (χ1n) is 10.1. The number of fused-ring (bicyclic) bond motifs is 1. The van der Waals surface area contributed by atoms with Crippen molar-refractivity contribution in [2.45, 2.75) is 12.6 Å². The van der Waals surface area contributed by atoms with Gasteiger partial charge in [-0.15, -0.1) is 0 Å². The number of rotatable bonds is 4. The van der Waals surface area contributed by atoms with E-state index < -0.39 is 17.7 Å². The van der Waals surface area contributed by atoms with Gasteiger partial charge in [0, 0.05) is 5.56 Å². The lowest BCUT2D eigenvalue weighted by atomic mass is 9.95. The molecule has 0 radical (unpaired) electrons. The highest BCUT2D eigenvalue weighted by Crippen LogP contribution is 2.42. The van der Waals surface area contributed by atoms with E-state index in [0.717, 1.165) is 0 Å². The number of aliphatic hydroxyl groups is 1. The first-order chi connectivity index (χ1) is 15.9. The Morgan fingerprint density at radius 2 is 1.79 bits per heavy atom. The Labute approximate surface area is 198 Å². The third kappa shape index (κ3) is 3.83. The average molecular weight is 486 g/mol. The number of halogens is 2. The summed E-state index contributed by atoms with van der Waals surface area (Å²) < 4.78 is 16.5. The monoisotopic (exact) mass is 485 g/mol. The van der Waals surface area contributed by atoms with Crippen LogP contribution in [0.25, 0.3) is 5.76 Å². The summed E-state index contributed by atoms with van der Waals surface area (Å²) in [6.07, 6.45) is 1.48. The van der Waals surface area contributed by atoms with Gasteiger partial charge in [0.05, 0.1) is 34.5 Å². The third-order valence-electron chi connectivity index (χ3n) is 5.52. The molecule has 1 aromatic heterocycles. The lowest BCUT2D eigenvalue weighted by Crippen LogP contribution is -2.29. The number of benzene rings is 2. The van der Waals surface area contributed by atoms with Crippen molar-refractivity contribution >= 4 is 40.7 Å². The predicted octanol–water partition coefficient (Wildman–Crippen LogP) is 4.98. The van der Waals surface area contributed by atoms with Crippen molar-refractivity contribution in [1.29, 1.82) is 0 Å². The van der Waals surface area contributed by atoms with Crippen molar-refractivity contribution in [3.8, 4) is 11.5 Å². The fraction of sp³-hybridized carbons (Fsp3) is 0.167. The van der Waals surface area contributed by atoms with E-state index in [1.54, 1.807) is 48.5 Å². The van der Waals surface area contributed by atoms with Crippen LogP contribution in [0.5, 0.6) is 11.5 Å². The van der Waals surface area contributed by atoms with Crippen molar-refractivity contribution in [3.05, 3.63) is 87.3 Å². The van der Waals surface area contributed by atoms with E-state index >= 15 is 0 Å². The number of ketones is 1. The van der Waals surface area contributed by atoms with Crippen molar-refractivity contribution in [1.82, 2.24) is 4.90 Å². The van der Waals surface area contributed by atoms with Gasteiger partial charge in [-0.2, -0.15) is 0 Å². The van der Waals surface area contributed by atoms with Crippen LogP contribution in [0.15, 0.2) is 64.8 Å². The maximum absolute atomic E-state index is 13.1. The normalized spacial score (nSPS) is 19.2. The zero-order valence-corrected chi connectivity index (χ0v) is 18.6. The van der Waals surface area contributed by atoms with Crippen molar-refractivity contribution in [2.24, 2.45) is 0 Å². The lowest BCUT2D eigenvalue weighted by molar-refractivity contribution is -0.140. The maximum Gasteiger partial charge on any atom is 0.296 e. The zero-order valence-electron chi connectivity index (χ0n) is 17.1. The molecule has 7 nitrogen and oxygen atoms in total. The van der Waals surface area contributed by atoms with Gasteiger partial charge in [-0.25, -0.2) is 0 Å². The Bertz CT molecular complexity index is 1280. The van der Waals surface area contributed by atoms with Crippen molar-refractivity contribution in [2.75, 3.05) is 13.2 Å². The number of aliphatic hydroxyl groups excluding tert-OH is 1. The summed E-state index contributed by atoms with van der Waals surface area (Å²) in [4.78, 5) is 27.5. The molecule has 2 aromatic carbocycles. The number of likely N-dealkylation sites (tertiary alicyclic amines) is 1. The van der Waals surface area contributed by atoms with Gasteiger partial charge in [-0.1, -0.05) is 29.3 Å². The number of hydrogen-bond donors (Lipinski definition) is 1. The smallest absolute Gasteiger partial charge is 0.296 e. The van der Waals surface area contributed by atoms with Gasteiger partial charge in [0.2, 0.25) is 0 Å². The minimum atomic E-state index is -0.905. The molecule has 3 heterocycles. The van der Waals surface area contributed by atoms with Gasteiger partial charge in [0.15, 0.2) is 11.5 Å². The van der Waals surface area contributed by atoms with Crippen LogP contribution < -0.4 is 9.47 Å². The van der Waals surface area contributed by atoms with Crippen LogP contribution in [0, 0.1) is 0 Å². The maximum atomic E-state index is 13.1. The Morgan fingerprint density at radius 1 is 1.00 bits per heavy atom. The summed E-state index contributed by atoms with van der Waals surface area (Å²) in [7, 11) is 0. The van der Waals surface area contributed by atoms with Crippen molar-refractivity contribution < 1.29 is 28.6 Å². The Hall–Kier alpha value is -3.42. The minimum Gasteiger partial charge on any atom is -0.507 e. The molecule has 1 amide bonds. The number of Topliss-reactive ketones (excluding diaryl/α,β-unsaturated/α-hetero) is 1. The van der Waals surface area contributed by atoms with Gasteiger partial charge in [0.1, 0.15) is 24.7 Å². The summed E-state index contributed by atoms with van der Waals surface area (Å²) in [6.45, 7) is 0.821. The molecule has 9 heteroatoms. The van der Waals surface area contributed by atoms with Gasteiger partial charge in [-0.3, -0.25) is 9.59 Å². The van der Waals surface area contributed by atoms with Gasteiger partial charge < -0.3 is 23.9 Å². The molecular formula is C24H17Cl2NO6. The van der Waals surface area contributed by atoms with E-state index in [-0.39, 0.29) is 22.9 Å². The SMILES string of the molecule is O=C1C(=O)N(Cc2ccco2)C(c2ccc(Cl)c(Cl)c2)C1=C(O)c1ccc2c(c1)OCCO2. The second-order valence-corrected chi connectivity index (χ2v) is 8.35. The molecule has 0 bridgehead atoms. The topological polar surface area (TPSA) is 89.2 Å². The molecule has 1 unspecified atom stereocenters. The molecule has 2 aliphatic heterocycles. The van der Waals surface area contributed by atoms with E-state index in [2.05, 4.69) is 0 Å². The van der Waals surface area contributed by atoms with Gasteiger partial charge in [-0.05, 0) is 48.0 Å². The average Bonchev–Trinajstić information content (AvgIpc) is 3.42. The van der Waals surface area contributed by atoms with E-state index in [1.165, 1.54) is 11.2 Å². The minimum absolute atomic E-state index is 0.0282. The molecule has 168 valence electrons. The molecule has 0 aliphatic carbocycles. The number of amides is 1. The molecule has 1 N–H and O–H groups in total. The number of carbonyl (C=O) groups excluding carboxylic acids is 2. The standard InChI is InChI=1S/C24H17Cl2NO6/c25-16-5-3-13(10-17(16)26)21-20(23(29)24(30)27(21)12-15-2-1-7-31-15)22(28)14-4-6-18-19(11-14)33-9-8-32-18/h1-7,10-11,21,28H,8-9,12H2. The third-order valence-corrected chi connectivity index (χ3v) is 6.26. The Balaban J connectivity index is 1.65. The van der Waals surface area contributed by atoms with Crippen LogP contribution in [-0.4, -0.2) is 34.9 Å². The molecule has 3 aromatic rings. The predicted molar refractivity (Wildman–Crippen MR) is 120 cm³/mol. The molecule has 5 rings (SSSR count). The van der Waals surface area contributed by atoms with Gasteiger partial charge in [0.25, 0.3) is 11.7 Å². The van der Waals surface area contributed by atoms with Crippen molar-refractivity contribution in [3.63, 3.8) is 0 Å². The second-order valence-electron chi connectivity index (χ2n) is 7.54. The fourth-order valence-electron chi connectivity index (χ4n) is 3.99. The van der Waals surface area contributed by atoms with Crippen LogP contribution in [0.2, 0.25) is 10.0 Å². The molecule has 2 aliphatic rings. The summed E-state index contributed by atoms with van der Waals surface area (Å²) >= 11 is 12.3. The quantitative estimate of drug-likeness (QED) is 0.318. The summed E-state index contributed by atoms with van der Waals surface area (Å²) in [5, 5.41) is 11.8. The lowest BCUT2D eigenvalue weighted by Gasteiger charge is -2.25. The van der Waals surface area contributed by atoms with E-state index in [1.807, 2.05) is 0 Å². The van der Waals surface area contributed by atoms with Gasteiger partial charge >= 0.3 is 0 Å². The number of carbonyl (C=O) groups is 2. The molecular weight excluding hydrogens is 469 g/mol. The first kappa shape index (κ1) is 21.4. The van der Waals surface area contributed by atoms with E-state index in [4.69, 9.17) is 37.1 Å². The van der Waals surface area contributed by atoms with Crippen LogP contribution >= 0.6 is 23.2 Å². The van der Waals surface area contributed by atoms with Crippen LogP contribution in [-0.2, 0) is 16.1 Å². The highest BCUT2D eigenvalue weighted by atomic mass is 35.5.